The molecule has 0 aliphatic heterocycles. The first-order chi connectivity index (χ1) is 11.8. The van der Waals surface area contributed by atoms with Gasteiger partial charge in [0.1, 0.15) is 11.1 Å². The van der Waals surface area contributed by atoms with Crippen LogP contribution in [0, 0.1) is 0 Å². The molecule has 3 aromatic rings. The molecule has 10 heteroatoms. The van der Waals surface area contributed by atoms with Gasteiger partial charge in [0.25, 0.3) is 0 Å². The van der Waals surface area contributed by atoms with Gasteiger partial charge >= 0.3 is 0 Å². The van der Waals surface area contributed by atoms with E-state index >= 15 is 0 Å². The van der Waals surface area contributed by atoms with Gasteiger partial charge in [-0.3, -0.25) is 15.3 Å². The molecule has 1 heterocycles. The average Bonchev–Trinajstić information content (AvgIpc) is 2.59. The maximum atomic E-state index is 12.2. The summed E-state index contributed by atoms with van der Waals surface area (Å²) in [6.07, 6.45) is 0. The summed E-state index contributed by atoms with van der Waals surface area (Å²) >= 11 is 0. The zero-order valence-electron chi connectivity index (χ0n) is 12.2. The van der Waals surface area contributed by atoms with E-state index in [0.29, 0.717) is 0 Å². The van der Waals surface area contributed by atoms with Gasteiger partial charge in [0, 0.05) is 11.6 Å². The van der Waals surface area contributed by atoms with Gasteiger partial charge in [-0.15, -0.1) is 0 Å². The summed E-state index contributed by atoms with van der Waals surface area (Å²) in [5.74, 6) is -4.43. The third kappa shape index (κ3) is 2.82. The van der Waals surface area contributed by atoms with E-state index in [2.05, 4.69) is 0 Å². The zero-order chi connectivity index (χ0) is 18.9. The predicted octanol–water partition coefficient (Wildman–Crippen LogP) is 1.71. The Balaban J connectivity index is 0.00000109. The van der Waals surface area contributed by atoms with Crippen LogP contribution in [-0.4, -0.2) is 41.2 Å². The van der Waals surface area contributed by atoms with Gasteiger partial charge in [-0.1, -0.05) is 0 Å². The minimum atomic E-state index is -1.04. The van der Waals surface area contributed by atoms with Crippen LogP contribution < -0.4 is 5.43 Å². The van der Waals surface area contributed by atoms with E-state index in [0.717, 1.165) is 18.2 Å². The van der Waals surface area contributed by atoms with Gasteiger partial charge in [0.05, 0.1) is 0 Å². The number of aromatic hydroxyl groups is 6. The zero-order valence-corrected chi connectivity index (χ0v) is 12.2. The molecule has 0 unspecified atom stereocenters. The highest BCUT2D eigenvalue weighted by atomic mass is 17.0. The van der Waals surface area contributed by atoms with Crippen LogP contribution in [0.5, 0.6) is 34.5 Å². The molecule has 25 heavy (non-hydrogen) atoms. The largest absolute Gasteiger partial charge is 0.507 e. The first-order valence-electron chi connectivity index (χ1n) is 6.47. The van der Waals surface area contributed by atoms with Crippen molar-refractivity contribution in [1.82, 2.24) is 0 Å². The molecule has 0 radical (unpaired) electrons. The topological polar surface area (TPSA) is 192 Å². The second-order valence-electron chi connectivity index (χ2n) is 4.78. The maximum absolute atomic E-state index is 12.2. The number of hydrogen-bond donors (Lipinski definition) is 8. The predicted molar refractivity (Wildman–Crippen MR) is 83.2 cm³/mol. The first-order valence-corrected chi connectivity index (χ1v) is 6.47. The molecule has 0 amide bonds. The first kappa shape index (κ1) is 17.7. The Morgan fingerprint density at radius 2 is 1.36 bits per heavy atom. The van der Waals surface area contributed by atoms with E-state index in [1.165, 1.54) is 6.07 Å². The fourth-order valence-corrected chi connectivity index (χ4v) is 2.17. The van der Waals surface area contributed by atoms with E-state index in [1.807, 2.05) is 0 Å². The molecular formula is C15H12O10. The summed E-state index contributed by atoms with van der Waals surface area (Å²) in [5, 5.41) is 69.3. The number of fused-ring (bicyclic) bond motifs is 1. The van der Waals surface area contributed by atoms with Crippen molar-refractivity contribution in [2.45, 2.75) is 0 Å². The van der Waals surface area contributed by atoms with E-state index in [-0.39, 0.29) is 5.56 Å². The number of benzene rings is 2. The number of phenols is 5. The van der Waals surface area contributed by atoms with E-state index in [1.54, 1.807) is 0 Å². The molecule has 0 aliphatic carbocycles. The van der Waals surface area contributed by atoms with Crippen molar-refractivity contribution < 1.29 is 45.6 Å². The number of hydrogen-bond acceptors (Lipinski definition) is 10. The Bertz CT molecular complexity index is 1010. The average molecular weight is 352 g/mol. The van der Waals surface area contributed by atoms with Gasteiger partial charge in [0.15, 0.2) is 28.6 Å². The number of rotatable bonds is 1. The molecule has 10 nitrogen and oxygen atoms in total. The molecule has 0 saturated heterocycles. The maximum Gasteiger partial charge on any atom is 0.238 e. The van der Waals surface area contributed by atoms with E-state index in [9.17, 15) is 35.4 Å². The highest BCUT2D eigenvalue weighted by molar-refractivity contribution is 5.92. The second kappa shape index (κ2) is 6.47. The lowest BCUT2D eigenvalue weighted by molar-refractivity contribution is -0.176. The SMILES string of the molecule is O=c1c(O)c(-c2ccc(O)c(O)c2)oc2c(O)c(O)cc(O)c12.OO. The lowest BCUT2D eigenvalue weighted by Gasteiger charge is -2.09. The van der Waals surface area contributed by atoms with Gasteiger partial charge in [-0.25, -0.2) is 0 Å². The van der Waals surface area contributed by atoms with Crippen LogP contribution in [-0.2, 0) is 0 Å². The molecule has 132 valence electrons. The van der Waals surface area contributed by atoms with Gasteiger partial charge < -0.3 is 35.1 Å². The lowest BCUT2D eigenvalue weighted by atomic mass is 10.1. The van der Waals surface area contributed by atoms with Crippen LogP contribution >= 0.6 is 0 Å². The molecule has 0 spiro atoms. The van der Waals surface area contributed by atoms with Gasteiger partial charge in [-0.2, -0.15) is 0 Å². The molecule has 1 aromatic heterocycles. The third-order valence-corrected chi connectivity index (χ3v) is 3.31. The quantitative estimate of drug-likeness (QED) is 0.138. The van der Waals surface area contributed by atoms with Gasteiger partial charge in [0.2, 0.25) is 16.9 Å². The Labute approximate surface area is 137 Å². The summed E-state index contributed by atoms with van der Waals surface area (Å²) in [6, 6.07) is 4.12. The Morgan fingerprint density at radius 3 is 1.96 bits per heavy atom. The smallest absolute Gasteiger partial charge is 0.238 e. The molecule has 2 aromatic carbocycles. The fourth-order valence-electron chi connectivity index (χ4n) is 2.17. The molecular weight excluding hydrogens is 340 g/mol. The van der Waals surface area contributed by atoms with Crippen LogP contribution in [0.4, 0.5) is 0 Å². The van der Waals surface area contributed by atoms with E-state index in [4.69, 9.17) is 14.9 Å². The minimum absolute atomic E-state index is 0.0269. The van der Waals surface area contributed by atoms with Crippen molar-refractivity contribution in [2.75, 3.05) is 0 Å². The van der Waals surface area contributed by atoms with Crippen LogP contribution in [0.3, 0.4) is 0 Å². The summed E-state index contributed by atoms with van der Waals surface area (Å²) in [4.78, 5) is 12.2. The van der Waals surface area contributed by atoms with Crippen LogP contribution in [0.2, 0.25) is 0 Å². The second-order valence-corrected chi connectivity index (χ2v) is 4.78. The Kier molecular flexibility index (Phi) is 4.59. The van der Waals surface area contributed by atoms with Gasteiger partial charge in [-0.05, 0) is 18.2 Å². The fraction of sp³-hybridized carbons (Fsp3) is 0. The summed E-state index contributed by atoms with van der Waals surface area (Å²) in [6.45, 7) is 0. The molecule has 3 rings (SSSR count). The summed E-state index contributed by atoms with van der Waals surface area (Å²) in [5.41, 5.74) is -1.55. The van der Waals surface area contributed by atoms with E-state index < -0.39 is 56.7 Å². The van der Waals surface area contributed by atoms with Crippen molar-refractivity contribution in [2.24, 2.45) is 0 Å². The minimum Gasteiger partial charge on any atom is -0.507 e. The van der Waals surface area contributed by atoms with Crippen LogP contribution in [0.15, 0.2) is 33.5 Å². The Hall–Kier alpha value is -3.63. The van der Waals surface area contributed by atoms with Crippen molar-refractivity contribution in [3.8, 4) is 45.8 Å². The van der Waals surface area contributed by atoms with Crippen molar-refractivity contribution >= 4 is 11.0 Å². The third-order valence-electron chi connectivity index (χ3n) is 3.31. The van der Waals surface area contributed by atoms with Crippen molar-refractivity contribution in [3.05, 3.63) is 34.5 Å². The normalized spacial score (nSPS) is 10.3. The molecule has 0 aliphatic rings. The standard InChI is InChI=1S/C15H10O8.H2O2/c16-6-2-1-5(3-7(6)17)14-13(22)12(21)10-8(18)4-9(19)11(20)15(10)23-14;1-2/h1-4,16-20,22H;1-2H. The van der Waals surface area contributed by atoms with Crippen molar-refractivity contribution in [3.63, 3.8) is 0 Å². The van der Waals surface area contributed by atoms with Crippen molar-refractivity contribution in [1.29, 1.82) is 0 Å². The van der Waals surface area contributed by atoms with Crippen LogP contribution in [0.25, 0.3) is 22.3 Å². The lowest BCUT2D eigenvalue weighted by Crippen LogP contribution is -2.03. The highest BCUT2D eigenvalue weighted by Crippen LogP contribution is 2.42. The highest BCUT2D eigenvalue weighted by Gasteiger charge is 2.22. The molecule has 0 saturated carbocycles. The molecule has 0 atom stereocenters. The number of phenolic OH excluding ortho intramolecular Hbond substituents is 5. The molecule has 8 N–H and O–H groups in total. The summed E-state index contributed by atoms with van der Waals surface area (Å²) < 4.78 is 5.23. The van der Waals surface area contributed by atoms with Crippen LogP contribution in [0.1, 0.15) is 0 Å². The monoisotopic (exact) mass is 352 g/mol. The molecule has 0 bridgehead atoms. The molecule has 0 fully saturated rings. The summed E-state index contributed by atoms with van der Waals surface area (Å²) in [7, 11) is 0. The Morgan fingerprint density at radius 1 is 0.720 bits per heavy atom.